The van der Waals surface area contributed by atoms with Crippen molar-refractivity contribution in [1.82, 2.24) is 9.88 Å². The minimum atomic E-state index is -0.115. The number of likely N-dealkylation sites (tertiary alicyclic amines) is 1. The molecule has 0 spiro atoms. The molecule has 0 saturated carbocycles. The molecule has 3 aromatic rings. The Bertz CT molecular complexity index is 888. The van der Waals surface area contributed by atoms with Crippen molar-refractivity contribution in [2.45, 2.75) is 36.4 Å². The molecule has 0 radical (unpaired) electrons. The van der Waals surface area contributed by atoms with Crippen molar-refractivity contribution in [3.05, 3.63) is 59.1 Å². The Morgan fingerprint density at radius 3 is 2.83 bits per heavy atom. The van der Waals surface area contributed by atoms with Gasteiger partial charge in [0.1, 0.15) is 11.1 Å². The first-order valence-corrected chi connectivity index (χ1v) is 12.2. The smallest absolute Gasteiger partial charge is 0.134 e. The van der Waals surface area contributed by atoms with Crippen LogP contribution in [0.4, 0.5) is 0 Å². The van der Waals surface area contributed by atoms with Gasteiger partial charge in [-0.25, -0.2) is 4.98 Å². The van der Waals surface area contributed by atoms with Gasteiger partial charge in [0.15, 0.2) is 0 Å². The van der Waals surface area contributed by atoms with Crippen molar-refractivity contribution in [2.75, 3.05) is 32.4 Å². The Kier molecular flexibility index (Phi) is 7.21. The Hall–Kier alpha value is -1.44. The number of nitrogens with zero attached hydrogens (tertiary/aromatic N) is 2. The fourth-order valence-electron chi connectivity index (χ4n) is 3.64. The Balaban J connectivity index is 1.61. The zero-order valence-corrected chi connectivity index (χ0v) is 18.6. The average Bonchev–Trinajstić information content (AvgIpc) is 3.17. The third-order valence-electron chi connectivity index (χ3n) is 5.31. The molecular weight excluding hydrogens is 398 g/mol. The highest BCUT2D eigenvalue weighted by molar-refractivity contribution is 7.99. The van der Waals surface area contributed by atoms with E-state index in [0.717, 1.165) is 55.2 Å². The van der Waals surface area contributed by atoms with Crippen LogP contribution in [0.2, 0.25) is 0 Å². The zero-order valence-electron chi connectivity index (χ0n) is 16.9. The maximum absolute atomic E-state index is 6.71. The number of hydrogen-bond donors (Lipinski definition) is 1. The first-order valence-electron chi connectivity index (χ1n) is 10.4. The van der Waals surface area contributed by atoms with Crippen LogP contribution in [0, 0.1) is 0 Å². The first-order chi connectivity index (χ1) is 14.2. The van der Waals surface area contributed by atoms with Crippen LogP contribution in [-0.4, -0.2) is 48.4 Å². The highest BCUT2D eigenvalue weighted by Gasteiger charge is 2.26. The van der Waals surface area contributed by atoms with Gasteiger partial charge in [-0.15, -0.1) is 23.1 Å². The Morgan fingerprint density at radius 1 is 1.21 bits per heavy atom. The van der Waals surface area contributed by atoms with E-state index in [1.165, 1.54) is 15.2 Å². The number of para-hydroxylation sites is 1. The fraction of sp³-hybridized carbons (Fsp3) is 0.435. The second-order valence-corrected chi connectivity index (χ2v) is 9.83. The van der Waals surface area contributed by atoms with Crippen molar-refractivity contribution in [1.29, 1.82) is 0 Å². The summed E-state index contributed by atoms with van der Waals surface area (Å²) in [4.78, 5) is 8.58. The molecule has 1 aliphatic heterocycles. The molecule has 4 nitrogen and oxygen atoms in total. The summed E-state index contributed by atoms with van der Waals surface area (Å²) in [5.41, 5.74) is 7.90. The molecule has 4 rings (SSSR count). The molecule has 29 heavy (non-hydrogen) atoms. The van der Waals surface area contributed by atoms with E-state index in [1.807, 2.05) is 17.8 Å². The molecule has 1 aromatic heterocycles. The second kappa shape index (κ2) is 10.0. The normalized spacial score (nSPS) is 17.0. The number of fused-ring (bicyclic) bond motifs is 1. The van der Waals surface area contributed by atoms with Gasteiger partial charge in [0.05, 0.1) is 16.3 Å². The van der Waals surface area contributed by atoms with Crippen LogP contribution in [0.3, 0.4) is 0 Å². The number of hydrogen-bond acceptors (Lipinski definition) is 6. The average molecular weight is 428 g/mol. The highest BCUT2D eigenvalue weighted by Crippen LogP contribution is 2.36. The molecule has 1 aliphatic rings. The van der Waals surface area contributed by atoms with Gasteiger partial charge in [0.2, 0.25) is 0 Å². The molecule has 2 N–H and O–H groups in total. The molecule has 0 aliphatic carbocycles. The number of aromatic nitrogens is 1. The predicted molar refractivity (Wildman–Crippen MR) is 124 cm³/mol. The molecule has 0 bridgehead atoms. The van der Waals surface area contributed by atoms with Crippen molar-refractivity contribution < 1.29 is 4.74 Å². The standard InChI is InChI=1S/C23H29N3OS2/c1-26-13-10-18(11-14-26)27-22(23-25-20-8-2-3-9-21(20)29-23)17-6-4-7-19(16-17)28-15-5-12-24/h2-4,6-9,16,18,22H,5,10-15,24H2,1H3. The molecule has 6 heteroatoms. The minimum absolute atomic E-state index is 0.115. The summed E-state index contributed by atoms with van der Waals surface area (Å²) in [6.45, 7) is 2.92. The molecule has 154 valence electrons. The van der Waals surface area contributed by atoms with Gasteiger partial charge in [0.25, 0.3) is 0 Å². The number of rotatable bonds is 8. The van der Waals surface area contributed by atoms with Gasteiger partial charge in [-0.05, 0) is 68.4 Å². The topological polar surface area (TPSA) is 51.4 Å². The van der Waals surface area contributed by atoms with E-state index in [-0.39, 0.29) is 12.2 Å². The molecule has 1 saturated heterocycles. The predicted octanol–water partition coefficient (Wildman–Crippen LogP) is 4.94. The lowest BCUT2D eigenvalue weighted by Crippen LogP contribution is -2.35. The van der Waals surface area contributed by atoms with Crippen LogP contribution >= 0.6 is 23.1 Å². The van der Waals surface area contributed by atoms with Gasteiger partial charge in [-0.2, -0.15) is 0 Å². The Labute approximate surface area is 181 Å². The third-order valence-corrected chi connectivity index (χ3v) is 7.47. The van der Waals surface area contributed by atoms with Crippen LogP contribution < -0.4 is 5.73 Å². The van der Waals surface area contributed by atoms with Crippen LogP contribution in [0.25, 0.3) is 10.2 Å². The first kappa shape index (κ1) is 20.8. The van der Waals surface area contributed by atoms with Crippen molar-refractivity contribution in [2.24, 2.45) is 5.73 Å². The molecule has 1 unspecified atom stereocenters. The third kappa shape index (κ3) is 5.38. The number of benzene rings is 2. The summed E-state index contributed by atoms with van der Waals surface area (Å²) < 4.78 is 7.93. The van der Waals surface area contributed by atoms with Gasteiger partial charge >= 0.3 is 0 Å². The quantitative estimate of drug-likeness (QED) is 0.408. The molecule has 0 amide bonds. The van der Waals surface area contributed by atoms with E-state index in [9.17, 15) is 0 Å². The van der Waals surface area contributed by atoms with Gasteiger partial charge in [0, 0.05) is 18.0 Å². The van der Waals surface area contributed by atoms with Gasteiger partial charge in [-0.1, -0.05) is 24.3 Å². The van der Waals surface area contributed by atoms with E-state index in [0.29, 0.717) is 0 Å². The lowest BCUT2D eigenvalue weighted by molar-refractivity contribution is -0.0235. The van der Waals surface area contributed by atoms with Crippen molar-refractivity contribution in [3.8, 4) is 0 Å². The van der Waals surface area contributed by atoms with Gasteiger partial charge in [-0.3, -0.25) is 0 Å². The monoisotopic (exact) mass is 427 g/mol. The summed E-state index contributed by atoms with van der Waals surface area (Å²) in [5.74, 6) is 1.04. The second-order valence-electron chi connectivity index (χ2n) is 7.60. The van der Waals surface area contributed by atoms with E-state index in [1.54, 1.807) is 11.3 Å². The number of ether oxygens (including phenoxy) is 1. The fourth-order valence-corrected chi connectivity index (χ4v) is 5.61. The maximum Gasteiger partial charge on any atom is 0.134 e. The zero-order chi connectivity index (χ0) is 20.1. The summed E-state index contributed by atoms with van der Waals surface area (Å²) in [7, 11) is 2.18. The lowest BCUT2D eigenvalue weighted by atomic mass is 10.1. The van der Waals surface area contributed by atoms with Crippen LogP contribution in [0.5, 0.6) is 0 Å². The number of nitrogens with two attached hydrogens (primary N) is 1. The van der Waals surface area contributed by atoms with Crippen LogP contribution in [0.15, 0.2) is 53.4 Å². The summed E-state index contributed by atoms with van der Waals surface area (Å²) in [6, 6.07) is 17.1. The van der Waals surface area contributed by atoms with Crippen molar-refractivity contribution >= 4 is 33.3 Å². The van der Waals surface area contributed by atoms with Crippen LogP contribution in [0.1, 0.15) is 35.9 Å². The Morgan fingerprint density at radius 2 is 2.03 bits per heavy atom. The number of piperidine rings is 1. The van der Waals surface area contributed by atoms with E-state index >= 15 is 0 Å². The lowest BCUT2D eigenvalue weighted by Gasteiger charge is -2.31. The van der Waals surface area contributed by atoms with Crippen molar-refractivity contribution in [3.63, 3.8) is 0 Å². The number of thiazole rings is 1. The van der Waals surface area contributed by atoms with E-state index in [2.05, 4.69) is 54.4 Å². The minimum Gasteiger partial charge on any atom is -0.363 e. The molecule has 2 heterocycles. The summed E-state index contributed by atoms with van der Waals surface area (Å²) in [5, 5.41) is 1.05. The van der Waals surface area contributed by atoms with E-state index in [4.69, 9.17) is 15.5 Å². The van der Waals surface area contributed by atoms with Gasteiger partial charge < -0.3 is 15.4 Å². The molecule has 1 fully saturated rings. The SMILES string of the molecule is CN1CCC(OC(c2cccc(SCCCN)c2)c2nc3ccccc3s2)CC1. The highest BCUT2D eigenvalue weighted by atomic mass is 32.2. The molecular formula is C23H29N3OS2. The number of thioether (sulfide) groups is 1. The molecule has 1 atom stereocenters. The molecule has 2 aromatic carbocycles. The summed E-state index contributed by atoms with van der Waals surface area (Å²) >= 11 is 3.61. The van der Waals surface area contributed by atoms with E-state index < -0.39 is 0 Å². The maximum atomic E-state index is 6.71. The van der Waals surface area contributed by atoms with Crippen LogP contribution in [-0.2, 0) is 4.74 Å². The largest absolute Gasteiger partial charge is 0.363 e. The summed E-state index contributed by atoms with van der Waals surface area (Å²) in [6.07, 6.45) is 3.33.